The number of carbonyl (C=O) groups is 2. The van der Waals surface area contributed by atoms with E-state index in [1.807, 2.05) is 23.1 Å². The largest absolute Gasteiger partial charge is 0.493 e. The van der Waals surface area contributed by atoms with Gasteiger partial charge in [0.25, 0.3) is 5.91 Å². The first-order valence-corrected chi connectivity index (χ1v) is 10.9. The Morgan fingerprint density at radius 2 is 1.70 bits per heavy atom. The summed E-state index contributed by atoms with van der Waals surface area (Å²) in [4.78, 5) is 29.4. The van der Waals surface area contributed by atoms with Gasteiger partial charge in [0.15, 0.2) is 23.0 Å². The van der Waals surface area contributed by atoms with Crippen molar-refractivity contribution in [3.8, 4) is 22.8 Å². The van der Waals surface area contributed by atoms with Gasteiger partial charge in [-0.2, -0.15) is 0 Å². The first-order valence-electron chi connectivity index (χ1n) is 10.9. The molecule has 1 saturated carbocycles. The number of hydrogen-bond donors (Lipinski definition) is 0. The molecule has 0 atom stereocenters. The topological polar surface area (TPSA) is 98.2 Å². The van der Waals surface area contributed by atoms with Crippen LogP contribution in [0.1, 0.15) is 29.1 Å². The van der Waals surface area contributed by atoms with Crippen molar-refractivity contribution in [1.82, 2.24) is 15.0 Å². The third-order valence-electron chi connectivity index (χ3n) is 6.41. The van der Waals surface area contributed by atoms with Crippen LogP contribution < -0.4 is 9.47 Å². The van der Waals surface area contributed by atoms with Gasteiger partial charge >= 0.3 is 0 Å². The zero-order valence-electron chi connectivity index (χ0n) is 18.6. The Bertz CT molecular complexity index is 1160. The fourth-order valence-electron chi connectivity index (χ4n) is 4.30. The maximum absolute atomic E-state index is 13.4. The van der Waals surface area contributed by atoms with Crippen LogP contribution in [0.4, 0.5) is 0 Å². The van der Waals surface area contributed by atoms with Crippen LogP contribution in [0.5, 0.6) is 11.5 Å². The normalized spacial score (nSPS) is 17.0. The summed E-state index contributed by atoms with van der Waals surface area (Å²) in [5.74, 6) is 1.99. The van der Waals surface area contributed by atoms with Crippen molar-refractivity contribution in [1.29, 1.82) is 0 Å². The van der Waals surface area contributed by atoms with Gasteiger partial charge in [-0.15, -0.1) is 0 Å². The molecular formula is C24H25N3O6. The first-order chi connectivity index (χ1) is 16.1. The molecule has 33 heavy (non-hydrogen) atoms. The summed E-state index contributed by atoms with van der Waals surface area (Å²) in [7, 11) is 3.16. The number of hydrogen-bond acceptors (Lipinski definition) is 7. The van der Waals surface area contributed by atoms with Gasteiger partial charge in [-0.05, 0) is 43.2 Å². The molecule has 0 bridgehead atoms. The van der Waals surface area contributed by atoms with Crippen LogP contribution in [0.25, 0.3) is 11.3 Å². The molecule has 0 N–H and O–H groups in total. The van der Waals surface area contributed by atoms with E-state index in [9.17, 15) is 9.59 Å². The van der Waals surface area contributed by atoms with E-state index in [0.29, 0.717) is 54.9 Å². The standard InChI is InChI=1S/C24H25N3O6/c1-30-17-6-5-16(14-20(17)31-2)19-15-21(25-33-19)24(7-8-24)23(29)27-11-9-26(10-12-27)22(28)18-4-3-13-32-18/h3-6,13-15H,7-12H2,1-2H3. The van der Waals surface area contributed by atoms with Gasteiger partial charge in [0, 0.05) is 37.8 Å². The van der Waals surface area contributed by atoms with Gasteiger partial charge in [-0.1, -0.05) is 5.16 Å². The summed E-state index contributed by atoms with van der Waals surface area (Å²) in [6.45, 7) is 1.90. The van der Waals surface area contributed by atoms with Gasteiger partial charge in [0.05, 0.1) is 31.6 Å². The van der Waals surface area contributed by atoms with Crippen molar-refractivity contribution in [2.45, 2.75) is 18.3 Å². The fraction of sp³-hybridized carbons (Fsp3) is 0.375. The van der Waals surface area contributed by atoms with Gasteiger partial charge in [0.2, 0.25) is 5.91 Å². The van der Waals surface area contributed by atoms with Gasteiger partial charge in [0.1, 0.15) is 0 Å². The monoisotopic (exact) mass is 451 g/mol. The quantitative estimate of drug-likeness (QED) is 0.568. The molecule has 3 heterocycles. The molecule has 9 nitrogen and oxygen atoms in total. The second kappa shape index (κ2) is 8.31. The first kappa shape index (κ1) is 21.1. The minimum Gasteiger partial charge on any atom is -0.493 e. The van der Waals surface area contributed by atoms with Crippen molar-refractivity contribution >= 4 is 11.8 Å². The van der Waals surface area contributed by atoms with E-state index in [-0.39, 0.29) is 11.8 Å². The molecule has 2 fully saturated rings. The highest BCUT2D eigenvalue weighted by atomic mass is 16.5. The second-order valence-corrected chi connectivity index (χ2v) is 8.29. The lowest BCUT2D eigenvalue weighted by Crippen LogP contribution is -2.53. The molecule has 3 aromatic rings. The SMILES string of the molecule is COc1ccc(-c2cc(C3(C(=O)N4CCN(C(=O)c5ccco5)CC4)CC3)no2)cc1OC. The molecule has 1 aliphatic carbocycles. The molecule has 1 saturated heterocycles. The molecule has 0 radical (unpaired) electrons. The van der Waals surface area contributed by atoms with Gasteiger partial charge in [-0.25, -0.2) is 0 Å². The van der Waals surface area contributed by atoms with E-state index >= 15 is 0 Å². The van der Waals surface area contributed by atoms with Crippen molar-refractivity contribution in [3.63, 3.8) is 0 Å². The maximum Gasteiger partial charge on any atom is 0.289 e. The Morgan fingerprint density at radius 3 is 2.33 bits per heavy atom. The summed E-state index contributed by atoms with van der Waals surface area (Å²) in [5, 5.41) is 4.25. The maximum atomic E-state index is 13.4. The van der Waals surface area contributed by atoms with E-state index in [4.69, 9.17) is 18.4 Å². The van der Waals surface area contributed by atoms with Crippen LogP contribution >= 0.6 is 0 Å². The molecule has 1 aromatic carbocycles. The van der Waals surface area contributed by atoms with Crippen LogP contribution in [-0.4, -0.2) is 67.2 Å². The molecule has 0 spiro atoms. The van der Waals surface area contributed by atoms with Crippen LogP contribution in [0.2, 0.25) is 0 Å². The van der Waals surface area contributed by atoms with Gasteiger partial charge < -0.3 is 28.2 Å². The number of piperazine rings is 1. The molecule has 9 heteroatoms. The van der Waals surface area contributed by atoms with Crippen LogP contribution in [0.3, 0.4) is 0 Å². The van der Waals surface area contributed by atoms with Crippen molar-refractivity contribution in [2.24, 2.45) is 0 Å². The predicted octanol–water partition coefficient (Wildman–Crippen LogP) is 2.97. The van der Waals surface area contributed by atoms with E-state index in [2.05, 4.69) is 5.16 Å². The Morgan fingerprint density at radius 1 is 0.970 bits per heavy atom. The van der Waals surface area contributed by atoms with Crippen molar-refractivity contribution in [3.05, 3.63) is 54.1 Å². The molecule has 172 valence electrons. The Balaban J connectivity index is 1.28. The number of benzene rings is 1. The summed E-state index contributed by atoms with van der Waals surface area (Å²) < 4.78 is 21.5. The molecule has 5 rings (SSSR count). The minimum atomic E-state index is -0.647. The summed E-state index contributed by atoms with van der Waals surface area (Å²) >= 11 is 0. The highest BCUT2D eigenvalue weighted by molar-refractivity contribution is 5.93. The zero-order valence-corrected chi connectivity index (χ0v) is 18.6. The molecule has 2 amide bonds. The van der Waals surface area contributed by atoms with E-state index in [0.717, 1.165) is 18.4 Å². The van der Waals surface area contributed by atoms with E-state index in [1.54, 1.807) is 37.3 Å². The molecule has 0 unspecified atom stereocenters. The predicted molar refractivity (Wildman–Crippen MR) is 117 cm³/mol. The summed E-state index contributed by atoms with van der Waals surface area (Å²) in [6, 6.07) is 10.7. The lowest BCUT2D eigenvalue weighted by molar-refractivity contribution is -0.135. The number of aromatic nitrogens is 1. The number of nitrogens with zero attached hydrogens (tertiary/aromatic N) is 3. The van der Waals surface area contributed by atoms with E-state index < -0.39 is 5.41 Å². The average molecular weight is 451 g/mol. The van der Waals surface area contributed by atoms with E-state index in [1.165, 1.54) is 6.26 Å². The molecule has 1 aliphatic heterocycles. The zero-order chi connectivity index (χ0) is 23.0. The smallest absolute Gasteiger partial charge is 0.289 e. The van der Waals surface area contributed by atoms with Crippen molar-refractivity contribution < 1.29 is 28.0 Å². The third kappa shape index (κ3) is 3.73. The third-order valence-corrected chi connectivity index (χ3v) is 6.41. The fourth-order valence-corrected chi connectivity index (χ4v) is 4.30. The second-order valence-electron chi connectivity index (χ2n) is 8.29. The van der Waals surface area contributed by atoms with Gasteiger partial charge in [-0.3, -0.25) is 9.59 Å². The number of rotatable bonds is 6. The van der Waals surface area contributed by atoms with Crippen molar-refractivity contribution in [2.75, 3.05) is 40.4 Å². The molecule has 2 aliphatic rings. The lowest BCUT2D eigenvalue weighted by atomic mass is 9.99. The summed E-state index contributed by atoms with van der Waals surface area (Å²) in [6.07, 6.45) is 2.95. The average Bonchev–Trinajstić information content (AvgIpc) is 3.26. The molecule has 2 aromatic heterocycles. The number of methoxy groups -OCH3 is 2. The molecular weight excluding hydrogens is 426 g/mol. The highest BCUT2D eigenvalue weighted by Crippen LogP contribution is 2.50. The number of ether oxygens (including phenoxy) is 2. The minimum absolute atomic E-state index is 0.0414. The number of furan rings is 1. The Hall–Kier alpha value is -3.75. The van der Waals surface area contributed by atoms with Crippen LogP contribution in [0, 0.1) is 0 Å². The lowest BCUT2D eigenvalue weighted by Gasteiger charge is -2.36. The van der Waals surface area contributed by atoms with Crippen LogP contribution in [-0.2, 0) is 10.2 Å². The number of amides is 2. The Labute approximate surface area is 190 Å². The van der Waals surface area contributed by atoms with Crippen LogP contribution in [0.15, 0.2) is 51.6 Å². The number of carbonyl (C=O) groups excluding carboxylic acids is 2. The summed E-state index contributed by atoms with van der Waals surface area (Å²) in [5.41, 5.74) is 0.789. The highest BCUT2D eigenvalue weighted by Gasteiger charge is 2.55. The Kier molecular flexibility index (Phi) is 5.32.